The van der Waals surface area contributed by atoms with Crippen LogP contribution < -0.4 is 21.9 Å². The van der Waals surface area contributed by atoms with E-state index in [0.29, 0.717) is 23.1 Å². The molecule has 0 spiro atoms. The van der Waals surface area contributed by atoms with Crippen molar-refractivity contribution in [1.29, 1.82) is 0 Å². The number of amidine groups is 1. The topological polar surface area (TPSA) is 162 Å². The summed E-state index contributed by atoms with van der Waals surface area (Å²) in [5, 5.41) is 2.37. The zero-order valence-corrected chi connectivity index (χ0v) is 15.3. The number of thiazole rings is 1. The minimum atomic E-state index is -3.72. The molecule has 12 heteroatoms. The normalized spacial score (nSPS) is 12.6. The highest BCUT2D eigenvalue weighted by molar-refractivity contribution is 7.98. The molecule has 9 nitrogen and oxygen atoms in total. The Bertz CT molecular complexity index is 663. The number of nitrogens with one attached hydrogen (secondary N) is 1. The summed E-state index contributed by atoms with van der Waals surface area (Å²) in [5.74, 6) is 1.33. The van der Waals surface area contributed by atoms with Crippen LogP contribution >= 0.6 is 23.1 Å². The molecule has 0 fully saturated rings. The molecule has 0 aliphatic rings. The Morgan fingerprint density at radius 2 is 2.13 bits per heavy atom. The SMILES string of the molecule is CC(C)NS(=O)(=O)/N=C(\N)CCSCc1csc(N=C(N)N)n1. The Morgan fingerprint density at radius 3 is 2.74 bits per heavy atom. The van der Waals surface area contributed by atoms with E-state index in [9.17, 15) is 8.42 Å². The molecule has 0 saturated heterocycles. The number of aliphatic imine (C=N–C) groups is 1. The number of thioether (sulfide) groups is 1. The lowest BCUT2D eigenvalue weighted by Crippen LogP contribution is -2.30. The van der Waals surface area contributed by atoms with Gasteiger partial charge < -0.3 is 17.2 Å². The highest BCUT2D eigenvalue weighted by Crippen LogP contribution is 2.21. The fourth-order valence-electron chi connectivity index (χ4n) is 1.40. The lowest BCUT2D eigenvalue weighted by Gasteiger charge is -2.06. The first kappa shape index (κ1) is 19.7. The van der Waals surface area contributed by atoms with E-state index in [0.717, 1.165) is 5.69 Å². The van der Waals surface area contributed by atoms with Crippen LogP contribution in [-0.4, -0.2) is 37.0 Å². The van der Waals surface area contributed by atoms with Crippen LogP contribution in [0.4, 0.5) is 5.13 Å². The van der Waals surface area contributed by atoms with E-state index in [1.54, 1.807) is 25.6 Å². The zero-order valence-electron chi connectivity index (χ0n) is 12.9. The van der Waals surface area contributed by atoms with Gasteiger partial charge in [-0.3, -0.25) is 0 Å². The summed E-state index contributed by atoms with van der Waals surface area (Å²) in [7, 11) is -3.72. The number of nitrogens with two attached hydrogens (primary N) is 3. The van der Waals surface area contributed by atoms with Crippen LogP contribution in [0.3, 0.4) is 0 Å². The van der Waals surface area contributed by atoms with Gasteiger partial charge in [0.05, 0.1) is 5.69 Å². The molecule has 1 aromatic heterocycles. The highest BCUT2D eigenvalue weighted by atomic mass is 32.2. The summed E-state index contributed by atoms with van der Waals surface area (Å²) in [6.07, 6.45) is 0.370. The lowest BCUT2D eigenvalue weighted by atomic mass is 10.4. The van der Waals surface area contributed by atoms with Gasteiger partial charge in [-0.1, -0.05) is 0 Å². The predicted octanol–water partition coefficient (Wildman–Crippen LogP) is 0.271. The van der Waals surface area contributed by atoms with E-state index in [-0.39, 0.29) is 17.8 Å². The van der Waals surface area contributed by atoms with Crippen LogP contribution in [0.15, 0.2) is 14.8 Å². The van der Waals surface area contributed by atoms with Crippen molar-refractivity contribution in [2.75, 3.05) is 5.75 Å². The molecule has 0 saturated carbocycles. The molecule has 0 bridgehead atoms. The van der Waals surface area contributed by atoms with Crippen molar-refractivity contribution < 1.29 is 8.42 Å². The molecule has 0 aromatic carbocycles. The van der Waals surface area contributed by atoms with Gasteiger partial charge >= 0.3 is 10.2 Å². The van der Waals surface area contributed by atoms with Crippen LogP contribution in [0.2, 0.25) is 0 Å². The van der Waals surface area contributed by atoms with Gasteiger partial charge in [0.1, 0.15) is 5.84 Å². The molecule has 7 N–H and O–H groups in total. The number of guanidine groups is 1. The van der Waals surface area contributed by atoms with Gasteiger partial charge in [0.15, 0.2) is 5.96 Å². The summed E-state index contributed by atoms with van der Waals surface area (Å²) >= 11 is 2.91. The third-order valence-corrected chi connectivity index (χ3v) is 5.16. The average Bonchev–Trinajstić information content (AvgIpc) is 2.79. The number of hydrogen-bond acceptors (Lipinski definition) is 6. The van der Waals surface area contributed by atoms with Crippen LogP contribution in [-0.2, 0) is 16.0 Å². The van der Waals surface area contributed by atoms with Crippen LogP contribution in [0.1, 0.15) is 26.0 Å². The molecule has 1 heterocycles. The maximum atomic E-state index is 11.6. The quantitative estimate of drug-likeness (QED) is 0.272. The minimum Gasteiger partial charge on any atom is -0.386 e. The van der Waals surface area contributed by atoms with Crippen molar-refractivity contribution >= 4 is 50.2 Å². The number of hydrogen-bond donors (Lipinski definition) is 4. The molecule has 23 heavy (non-hydrogen) atoms. The second-order valence-corrected chi connectivity index (χ2v) is 8.10. The largest absolute Gasteiger partial charge is 0.386 e. The van der Waals surface area contributed by atoms with Crippen molar-refractivity contribution in [3.05, 3.63) is 11.1 Å². The Balaban J connectivity index is 2.39. The number of nitrogens with zero attached hydrogens (tertiary/aromatic N) is 3. The van der Waals surface area contributed by atoms with Gasteiger partial charge in [-0.25, -0.2) is 4.98 Å². The first-order valence-electron chi connectivity index (χ1n) is 6.66. The maximum absolute atomic E-state index is 11.6. The molecule has 1 aromatic rings. The van der Waals surface area contributed by atoms with Crippen LogP contribution in [0.25, 0.3) is 0 Å². The van der Waals surface area contributed by atoms with Gasteiger partial charge in [-0.15, -0.1) is 15.7 Å². The van der Waals surface area contributed by atoms with Crippen molar-refractivity contribution in [1.82, 2.24) is 9.71 Å². The average molecular weight is 380 g/mol. The third-order valence-electron chi connectivity index (χ3n) is 2.14. The van der Waals surface area contributed by atoms with E-state index in [4.69, 9.17) is 17.2 Å². The van der Waals surface area contributed by atoms with Crippen LogP contribution in [0, 0.1) is 0 Å². The molecule has 1 rings (SSSR count). The van der Waals surface area contributed by atoms with Gasteiger partial charge in [0.25, 0.3) is 0 Å². The highest BCUT2D eigenvalue weighted by Gasteiger charge is 2.10. The third kappa shape index (κ3) is 8.74. The van der Waals surface area contributed by atoms with Crippen LogP contribution in [0.5, 0.6) is 0 Å². The zero-order chi connectivity index (χ0) is 17.5. The molecule has 0 aliphatic heterocycles. The Hall–Kier alpha value is -1.37. The Morgan fingerprint density at radius 1 is 1.43 bits per heavy atom. The molecule has 0 atom stereocenters. The van der Waals surface area contributed by atoms with Gasteiger partial charge in [-0.05, 0) is 13.8 Å². The van der Waals surface area contributed by atoms with Crippen molar-refractivity contribution in [2.24, 2.45) is 26.6 Å². The van der Waals surface area contributed by atoms with Gasteiger partial charge in [-0.2, -0.15) is 29.9 Å². The van der Waals surface area contributed by atoms with Crippen molar-refractivity contribution in [2.45, 2.75) is 32.1 Å². The minimum absolute atomic E-state index is 0.0289. The van der Waals surface area contributed by atoms with E-state index >= 15 is 0 Å². The Kier molecular flexibility index (Phi) is 7.75. The first-order valence-corrected chi connectivity index (χ1v) is 10.1. The number of rotatable bonds is 9. The summed E-state index contributed by atoms with van der Waals surface area (Å²) in [6.45, 7) is 3.42. The maximum Gasteiger partial charge on any atom is 0.321 e. The second-order valence-electron chi connectivity index (χ2n) is 4.79. The molecule has 130 valence electrons. The summed E-state index contributed by atoms with van der Waals surface area (Å²) in [6, 6.07) is -0.227. The molecule has 0 radical (unpaired) electrons. The molecule has 0 amide bonds. The summed E-state index contributed by atoms with van der Waals surface area (Å²) in [5.41, 5.74) is 17.0. The molecule has 0 unspecified atom stereocenters. The van der Waals surface area contributed by atoms with Crippen molar-refractivity contribution in [3.8, 4) is 0 Å². The van der Waals surface area contributed by atoms with Crippen molar-refractivity contribution in [3.63, 3.8) is 0 Å². The lowest BCUT2D eigenvalue weighted by molar-refractivity contribution is 0.571. The summed E-state index contributed by atoms with van der Waals surface area (Å²) < 4.78 is 29.0. The Labute approximate surface area is 144 Å². The fraction of sp³-hybridized carbons (Fsp3) is 0.545. The van der Waals surface area contributed by atoms with E-state index in [2.05, 4.69) is 19.1 Å². The molecular weight excluding hydrogens is 358 g/mol. The molecule has 0 aliphatic carbocycles. The van der Waals surface area contributed by atoms with Gasteiger partial charge in [0, 0.05) is 29.3 Å². The van der Waals surface area contributed by atoms with Gasteiger partial charge in [0.2, 0.25) is 5.13 Å². The standard InChI is InChI=1S/C11H21N7O2S3/c1-7(2)17-23(19,20)18-9(12)3-4-21-5-8-6-22-11(15-8)16-10(13)14/h6-7,17H,3-5H2,1-2H3,(H2,12,18)(H4,13,14,15,16). The van der Waals surface area contributed by atoms with E-state index in [1.165, 1.54) is 11.3 Å². The molecular formula is C11H21N7O2S3. The van der Waals surface area contributed by atoms with E-state index in [1.807, 2.05) is 5.38 Å². The predicted molar refractivity (Wildman–Crippen MR) is 97.2 cm³/mol. The first-order chi connectivity index (χ1) is 10.7. The fourth-order valence-corrected chi connectivity index (χ4v) is 4.12. The smallest absolute Gasteiger partial charge is 0.321 e. The second kappa shape index (κ2) is 9.05. The summed E-state index contributed by atoms with van der Waals surface area (Å²) in [4.78, 5) is 8.10. The monoisotopic (exact) mass is 379 g/mol. The number of aromatic nitrogens is 1. The van der Waals surface area contributed by atoms with E-state index < -0.39 is 10.2 Å².